The number of nitrogens with zero attached hydrogens (tertiary/aromatic N) is 6. The predicted octanol–water partition coefficient (Wildman–Crippen LogP) is 4.61. The van der Waals surface area contributed by atoms with Gasteiger partial charge in [-0.1, -0.05) is 16.1 Å². The zero-order valence-electron chi connectivity index (χ0n) is 19.3. The first-order valence-corrected chi connectivity index (χ1v) is 13.3. The molecule has 0 saturated carbocycles. The molecule has 1 amide bonds. The fourth-order valence-electron chi connectivity index (χ4n) is 4.44. The highest BCUT2D eigenvalue weighted by molar-refractivity contribution is 7.19. The average molecular weight is 516 g/mol. The van der Waals surface area contributed by atoms with Crippen molar-refractivity contribution in [2.75, 3.05) is 39.0 Å². The minimum atomic E-state index is 0.0164. The first-order valence-electron chi connectivity index (χ1n) is 11.3. The van der Waals surface area contributed by atoms with Crippen LogP contribution in [0.15, 0.2) is 18.5 Å². The minimum absolute atomic E-state index is 0.0164. The third kappa shape index (κ3) is 4.47. The molecule has 1 aromatic carbocycles. The van der Waals surface area contributed by atoms with E-state index in [0.29, 0.717) is 5.02 Å². The van der Waals surface area contributed by atoms with Crippen molar-refractivity contribution < 1.29 is 4.79 Å². The van der Waals surface area contributed by atoms with E-state index in [1.165, 1.54) is 22.0 Å². The van der Waals surface area contributed by atoms with Gasteiger partial charge in [0.05, 0.1) is 20.8 Å². The van der Waals surface area contributed by atoms with Crippen molar-refractivity contribution in [1.82, 2.24) is 29.4 Å². The first-order chi connectivity index (χ1) is 16.4. The van der Waals surface area contributed by atoms with Crippen LogP contribution in [0.2, 0.25) is 5.02 Å². The van der Waals surface area contributed by atoms with Crippen molar-refractivity contribution in [3.8, 4) is 0 Å². The van der Waals surface area contributed by atoms with Gasteiger partial charge in [-0.3, -0.25) is 4.79 Å². The van der Waals surface area contributed by atoms with E-state index in [-0.39, 0.29) is 11.8 Å². The van der Waals surface area contributed by atoms with E-state index < -0.39 is 0 Å². The standard InChI is InChI=1S/C23H26ClN7OS2/c1-4-31(8-7-30(2)3)23(32)13-5-6-14-18(9-13)33-22-20(14)21(25-12-26-22)27-16-11-19-17(10-15(16)24)28-29-34-19/h10-13H,4-9H2,1-3H3,(H,25,26,27). The Morgan fingerprint density at radius 1 is 1.26 bits per heavy atom. The highest BCUT2D eigenvalue weighted by atomic mass is 35.5. The van der Waals surface area contributed by atoms with Gasteiger partial charge in [-0.2, -0.15) is 0 Å². The molecule has 1 aliphatic carbocycles. The van der Waals surface area contributed by atoms with Crippen LogP contribution in [0.1, 0.15) is 23.8 Å². The Bertz CT molecular complexity index is 1350. The molecule has 0 spiro atoms. The van der Waals surface area contributed by atoms with E-state index in [1.807, 2.05) is 31.1 Å². The predicted molar refractivity (Wildman–Crippen MR) is 139 cm³/mol. The van der Waals surface area contributed by atoms with E-state index in [2.05, 4.69) is 36.7 Å². The Hall–Kier alpha value is -2.40. The summed E-state index contributed by atoms with van der Waals surface area (Å²) in [4.78, 5) is 28.6. The van der Waals surface area contributed by atoms with Crippen LogP contribution in [0.4, 0.5) is 11.5 Å². The number of hydrogen-bond donors (Lipinski definition) is 1. The lowest BCUT2D eigenvalue weighted by Crippen LogP contribution is -2.41. The maximum Gasteiger partial charge on any atom is 0.226 e. The Morgan fingerprint density at radius 2 is 2.12 bits per heavy atom. The van der Waals surface area contributed by atoms with Crippen LogP contribution in [-0.2, 0) is 17.6 Å². The lowest BCUT2D eigenvalue weighted by molar-refractivity contribution is -0.135. The Morgan fingerprint density at radius 3 is 2.91 bits per heavy atom. The number of likely N-dealkylation sites (N-methyl/N-ethyl adjacent to an activating group) is 2. The van der Waals surface area contributed by atoms with Crippen LogP contribution in [0.5, 0.6) is 0 Å². The molecule has 0 fully saturated rings. The summed E-state index contributed by atoms with van der Waals surface area (Å²) >= 11 is 9.51. The summed E-state index contributed by atoms with van der Waals surface area (Å²) in [5, 5.41) is 9.11. The molecule has 0 saturated heterocycles. The van der Waals surface area contributed by atoms with Crippen molar-refractivity contribution in [1.29, 1.82) is 0 Å². The Balaban J connectivity index is 1.42. The first kappa shape index (κ1) is 23.3. The second kappa shape index (κ2) is 9.69. The number of thiophene rings is 1. The molecule has 1 aliphatic rings. The zero-order valence-corrected chi connectivity index (χ0v) is 21.7. The van der Waals surface area contributed by atoms with Gasteiger partial charge in [-0.25, -0.2) is 9.97 Å². The zero-order chi connectivity index (χ0) is 23.8. The van der Waals surface area contributed by atoms with E-state index >= 15 is 0 Å². The highest BCUT2D eigenvalue weighted by Gasteiger charge is 2.31. The lowest BCUT2D eigenvalue weighted by atomic mass is 9.87. The van der Waals surface area contributed by atoms with Crippen LogP contribution < -0.4 is 5.32 Å². The van der Waals surface area contributed by atoms with Gasteiger partial charge >= 0.3 is 0 Å². The largest absolute Gasteiger partial charge is 0.341 e. The van der Waals surface area contributed by atoms with Crippen LogP contribution in [0.25, 0.3) is 20.4 Å². The molecule has 8 nitrogen and oxygen atoms in total. The molecule has 0 bridgehead atoms. The number of aryl methyl sites for hydroxylation is 1. The number of benzene rings is 1. The van der Waals surface area contributed by atoms with E-state index in [9.17, 15) is 4.79 Å². The third-order valence-electron chi connectivity index (χ3n) is 6.29. The normalized spacial score (nSPS) is 15.7. The molecule has 178 valence electrons. The van der Waals surface area contributed by atoms with Crippen LogP contribution in [-0.4, -0.2) is 69.0 Å². The molecule has 4 aromatic rings. The van der Waals surface area contributed by atoms with Gasteiger partial charge in [0, 0.05) is 30.4 Å². The van der Waals surface area contributed by atoms with Gasteiger partial charge in [0.15, 0.2) is 0 Å². The number of carbonyl (C=O) groups is 1. The summed E-state index contributed by atoms with van der Waals surface area (Å²) in [7, 11) is 4.07. The second-order valence-electron chi connectivity index (χ2n) is 8.76. The monoisotopic (exact) mass is 515 g/mol. The van der Waals surface area contributed by atoms with E-state index in [4.69, 9.17) is 11.6 Å². The van der Waals surface area contributed by atoms with Gasteiger partial charge in [-0.05, 0) is 69.5 Å². The Kier molecular flexibility index (Phi) is 6.65. The molecular formula is C23H26ClN7OS2. The summed E-state index contributed by atoms with van der Waals surface area (Å²) in [6.45, 7) is 4.43. The summed E-state index contributed by atoms with van der Waals surface area (Å²) in [6.07, 6.45) is 4.01. The van der Waals surface area contributed by atoms with Gasteiger partial charge in [-0.15, -0.1) is 16.4 Å². The molecule has 34 heavy (non-hydrogen) atoms. The quantitative estimate of drug-likeness (QED) is 0.384. The van der Waals surface area contributed by atoms with Gasteiger partial charge in [0.2, 0.25) is 5.91 Å². The van der Waals surface area contributed by atoms with Crippen LogP contribution >= 0.6 is 34.5 Å². The SMILES string of the molecule is CCN(CCN(C)C)C(=O)C1CCc2c(sc3ncnc(Nc4cc5snnc5cc4Cl)c23)C1. The smallest absolute Gasteiger partial charge is 0.226 e. The van der Waals surface area contributed by atoms with Gasteiger partial charge in [0.25, 0.3) is 0 Å². The molecule has 1 N–H and O–H groups in total. The molecule has 3 aromatic heterocycles. The molecule has 11 heteroatoms. The highest BCUT2D eigenvalue weighted by Crippen LogP contribution is 2.41. The number of rotatable bonds is 7. The number of anilines is 2. The molecule has 0 radical (unpaired) electrons. The fraction of sp³-hybridized carbons (Fsp3) is 0.435. The number of hydrogen-bond acceptors (Lipinski definition) is 9. The molecule has 5 rings (SSSR count). The van der Waals surface area contributed by atoms with E-state index in [0.717, 1.165) is 70.8 Å². The topological polar surface area (TPSA) is 87.1 Å². The summed E-state index contributed by atoms with van der Waals surface area (Å²) in [5.41, 5.74) is 2.80. The molecule has 3 heterocycles. The minimum Gasteiger partial charge on any atom is -0.341 e. The van der Waals surface area contributed by atoms with Crippen molar-refractivity contribution in [3.63, 3.8) is 0 Å². The maximum absolute atomic E-state index is 13.2. The van der Waals surface area contributed by atoms with Gasteiger partial charge < -0.3 is 15.1 Å². The number of halogens is 1. The number of carbonyl (C=O) groups excluding carboxylic acids is 1. The maximum atomic E-state index is 13.2. The number of fused-ring (bicyclic) bond motifs is 4. The van der Waals surface area contributed by atoms with Crippen LogP contribution in [0.3, 0.4) is 0 Å². The average Bonchev–Trinajstić information content (AvgIpc) is 3.43. The lowest BCUT2D eigenvalue weighted by Gasteiger charge is -2.29. The van der Waals surface area contributed by atoms with Gasteiger partial charge in [0.1, 0.15) is 22.5 Å². The molecule has 1 unspecified atom stereocenters. The van der Waals surface area contributed by atoms with Crippen molar-refractivity contribution in [3.05, 3.63) is 33.9 Å². The molecular weight excluding hydrogens is 490 g/mol. The summed E-state index contributed by atoms with van der Waals surface area (Å²) in [5.74, 6) is 1.02. The summed E-state index contributed by atoms with van der Waals surface area (Å²) in [6, 6.07) is 3.77. The summed E-state index contributed by atoms with van der Waals surface area (Å²) < 4.78 is 4.96. The fourth-order valence-corrected chi connectivity index (χ4v) is 6.50. The Labute approximate surface area is 211 Å². The number of aromatic nitrogens is 4. The van der Waals surface area contributed by atoms with Crippen molar-refractivity contribution >= 4 is 72.3 Å². The molecule has 1 atom stereocenters. The van der Waals surface area contributed by atoms with Crippen LogP contribution in [0, 0.1) is 5.92 Å². The second-order valence-corrected chi connectivity index (χ2v) is 11.0. The molecule has 0 aliphatic heterocycles. The number of nitrogens with one attached hydrogen (secondary N) is 1. The number of amides is 1. The van der Waals surface area contributed by atoms with Crippen molar-refractivity contribution in [2.24, 2.45) is 5.92 Å². The van der Waals surface area contributed by atoms with Crippen molar-refractivity contribution in [2.45, 2.75) is 26.2 Å². The third-order valence-corrected chi connectivity index (χ3v) is 8.46. The van der Waals surface area contributed by atoms with E-state index in [1.54, 1.807) is 17.7 Å².